The maximum Gasteiger partial charge on any atom is 0.224 e. The average Bonchev–Trinajstić information content (AvgIpc) is 2.80. The number of fused-ring (bicyclic) bond motifs is 1. The molecule has 1 fully saturated rings. The van der Waals surface area contributed by atoms with Crippen LogP contribution in [0.3, 0.4) is 0 Å². The van der Waals surface area contributed by atoms with Gasteiger partial charge in [0.2, 0.25) is 11.8 Å². The summed E-state index contributed by atoms with van der Waals surface area (Å²) in [5.74, 6) is 1.01. The second kappa shape index (κ2) is 9.69. The molecule has 160 valence electrons. The lowest BCUT2D eigenvalue weighted by Gasteiger charge is -2.23. The Bertz CT molecular complexity index is 1090. The number of hydrogen-bond donors (Lipinski definition) is 1. The van der Waals surface area contributed by atoms with E-state index in [-0.39, 0.29) is 12.1 Å². The molecule has 0 amide bonds. The molecule has 0 saturated carbocycles. The van der Waals surface area contributed by atoms with Crippen LogP contribution in [0.25, 0.3) is 22.0 Å². The molecule has 0 aliphatic carbocycles. The van der Waals surface area contributed by atoms with E-state index in [2.05, 4.69) is 21.4 Å². The molecule has 2 aromatic heterocycles. The molecule has 31 heavy (non-hydrogen) atoms. The molecule has 1 aromatic carbocycles. The van der Waals surface area contributed by atoms with Crippen LogP contribution in [-0.4, -0.2) is 54.0 Å². The van der Waals surface area contributed by atoms with Crippen LogP contribution in [0.15, 0.2) is 36.7 Å². The van der Waals surface area contributed by atoms with Crippen molar-refractivity contribution in [3.63, 3.8) is 0 Å². The molecule has 8 nitrogen and oxygen atoms in total. The van der Waals surface area contributed by atoms with Crippen LogP contribution < -0.4 is 10.1 Å². The minimum Gasteiger partial charge on any atom is -0.474 e. The van der Waals surface area contributed by atoms with Gasteiger partial charge >= 0.3 is 0 Å². The van der Waals surface area contributed by atoms with Crippen LogP contribution in [0, 0.1) is 11.3 Å². The number of aromatic nitrogens is 3. The molecule has 0 bridgehead atoms. The Kier molecular flexibility index (Phi) is 6.55. The molecule has 1 unspecified atom stereocenters. The molecule has 8 heteroatoms. The third-order valence-corrected chi connectivity index (χ3v) is 5.13. The van der Waals surface area contributed by atoms with E-state index in [4.69, 9.17) is 19.2 Å². The number of ether oxygens (including phenoxy) is 3. The largest absolute Gasteiger partial charge is 0.474 e. The van der Waals surface area contributed by atoms with E-state index in [1.54, 1.807) is 25.6 Å². The van der Waals surface area contributed by atoms with Gasteiger partial charge < -0.3 is 19.5 Å². The van der Waals surface area contributed by atoms with E-state index in [1.807, 2.05) is 25.1 Å². The second-order valence-electron chi connectivity index (χ2n) is 7.56. The van der Waals surface area contributed by atoms with Gasteiger partial charge in [0.25, 0.3) is 0 Å². The monoisotopic (exact) mass is 419 g/mol. The second-order valence-corrected chi connectivity index (χ2v) is 7.56. The number of rotatable bonds is 7. The van der Waals surface area contributed by atoms with Gasteiger partial charge in [-0.2, -0.15) is 5.26 Å². The summed E-state index contributed by atoms with van der Waals surface area (Å²) in [4.78, 5) is 13.8. The molecule has 1 saturated heterocycles. The Morgan fingerprint density at radius 1 is 1.26 bits per heavy atom. The summed E-state index contributed by atoms with van der Waals surface area (Å²) < 4.78 is 16.8. The topological polar surface area (TPSA) is 102 Å². The molecule has 0 radical (unpaired) electrons. The first-order valence-corrected chi connectivity index (χ1v) is 10.3. The predicted molar refractivity (Wildman–Crippen MR) is 117 cm³/mol. The van der Waals surface area contributed by atoms with E-state index in [9.17, 15) is 5.26 Å². The average molecular weight is 419 g/mol. The summed E-state index contributed by atoms with van der Waals surface area (Å²) >= 11 is 0. The lowest BCUT2D eigenvalue weighted by molar-refractivity contribution is 0.0244. The van der Waals surface area contributed by atoms with Crippen molar-refractivity contribution < 1.29 is 14.2 Å². The standard InChI is InChI=1S/C23H25N5O3/c1-15(14-29-2)27-23-26-13-20-21(28-23)19(17-5-3-4-16(10-17)11-24)12-25-22(20)31-18-6-8-30-9-7-18/h3-5,10,12-13,15,18H,6-9,14H2,1-2H3,(H,26,27,28). The lowest BCUT2D eigenvalue weighted by atomic mass is 10.0. The fourth-order valence-electron chi connectivity index (χ4n) is 3.59. The SMILES string of the molecule is COCC(C)Nc1ncc2c(OC3CCOCC3)ncc(-c3cccc(C#N)c3)c2n1. The van der Waals surface area contributed by atoms with Crippen LogP contribution in [0.5, 0.6) is 5.88 Å². The quantitative estimate of drug-likeness (QED) is 0.620. The summed E-state index contributed by atoms with van der Waals surface area (Å²) in [7, 11) is 1.66. The van der Waals surface area contributed by atoms with Crippen molar-refractivity contribution in [3.8, 4) is 23.1 Å². The molecular weight excluding hydrogens is 394 g/mol. The number of hydrogen-bond acceptors (Lipinski definition) is 8. The fourth-order valence-corrected chi connectivity index (χ4v) is 3.59. The molecule has 1 aliphatic rings. The van der Waals surface area contributed by atoms with E-state index < -0.39 is 0 Å². The van der Waals surface area contributed by atoms with Gasteiger partial charge in [-0.05, 0) is 24.6 Å². The zero-order valence-electron chi connectivity index (χ0n) is 17.7. The van der Waals surface area contributed by atoms with Crippen LogP contribution in [-0.2, 0) is 9.47 Å². The van der Waals surface area contributed by atoms with E-state index in [0.29, 0.717) is 42.7 Å². The minimum atomic E-state index is 0.0487. The maximum atomic E-state index is 9.30. The van der Waals surface area contributed by atoms with Gasteiger partial charge in [-0.25, -0.2) is 15.0 Å². The van der Waals surface area contributed by atoms with Crippen molar-refractivity contribution >= 4 is 16.9 Å². The molecule has 1 aliphatic heterocycles. The maximum absolute atomic E-state index is 9.30. The van der Waals surface area contributed by atoms with Crippen molar-refractivity contribution in [1.82, 2.24) is 15.0 Å². The van der Waals surface area contributed by atoms with Gasteiger partial charge in [-0.1, -0.05) is 12.1 Å². The summed E-state index contributed by atoms with van der Waals surface area (Å²) in [5.41, 5.74) is 2.98. The highest BCUT2D eigenvalue weighted by atomic mass is 16.5. The number of nitrogens with zero attached hydrogens (tertiary/aromatic N) is 4. The molecule has 0 spiro atoms. The van der Waals surface area contributed by atoms with Gasteiger partial charge in [0.05, 0.1) is 42.4 Å². The van der Waals surface area contributed by atoms with Crippen molar-refractivity contribution in [1.29, 1.82) is 5.26 Å². The van der Waals surface area contributed by atoms with Crippen molar-refractivity contribution in [3.05, 3.63) is 42.2 Å². The van der Waals surface area contributed by atoms with Gasteiger partial charge in [0.1, 0.15) is 6.10 Å². The normalized spacial score (nSPS) is 15.4. The van der Waals surface area contributed by atoms with Crippen LogP contribution >= 0.6 is 0 Å². The zero-order chi connectivity index (χ0) is 21.6. The Labute approximate surface area is 181 Å². The summed E-state index contributed by atoms with van der Waals surface area (Å²) in [6.07, 6.45) is 5.19. The Balaban J connectivity index is 1.77. The molecule has 1 N–H and O–H groups in total. The third kappa shape index (κ3) is 4.90. The predicted octanol–water partition coefficient (Wildman–Crippen LogP) is 3.57. The Morgan fingerprint density at radius 2 is 2.10 bits per heavy atom. The van der Waals surface area contributed by atoms with Gasteiger partial charge in [-0.15, -0.1) is 0 Å². The fraction of sp³-hybridized carbons (Fsp3) is 0.391. The van der Waals surface area contributed by atoms with Gasteiger partial charge in [-0.3, -0.25) is 0 Å². The minimum absolute atomic E-state index is 0.0487. The van der Waals surface area contributed by atoms with E-state index in [0.717, 1.165) is 29.4 Å². The van der Waals surface area contributed by atoms with Gasteiger partial charge in [0.15, 0.2) is 0 Å². The van der Waals surface area contributed by atoms with Crippen LogP contribution in [0.2, 0.25) is 0 Å². The van der Waals surface area contributed by atoms with E-state index >= 15 is 0 Å². The zero-order valence-corrected chi connectivity index (χ0v) is 17.7. The highest BCUT2D eigenvalue weighted by molar-refractivity contribution is 5.96. The highest BCUT2D eigenvalue weighted by Gasteiger charge is 2.20. The molecule has 3 heterocycles. The smallest absolute Gasteiger partial charge is 0.224 e. The summed E-state index contributed by atoms with van der Waals surface area (Å²) in [5, 5.41) is 13.3. The summed E-state index contributed by atoms with van der Waals surface area (Å²) in [6, 6.07) is 9.64. The molecule has 3 aromatic rings. The number of methoxy groups -OCH3 is 1. The van der Waals surface area contributed by atoms with Gasteiger partial charge in [0, 0.05) is 44.0 Å². The Hall–Kier alpha value is -3.28. The lowest BCUT2D eigenvalue weighted by Crippen LogP contribution is -2.26. The molecule has 4 rings (SSSR count). The van der Waals surface area contributed by atoms with E-state index in [1.165, 1.54) is 0 Å². The first-order chi connectivity index (χ1) is 15.2. The third-order valence-electron chi connectivity index (χ3n) is 5.13. The van der Waals surface area contributed by atoms with Crippen molar-refractivity contribution in [2.45, 2.75) is 31.9 Å². The van der Waals surface area contributed by atoms with Crippen LogP contribution in [0.1, 0.15) is 25.3 Å². The highest BCUT2D eigenvalue weighted by Crippen LogP contribution is 2.33. The first-order valence-electron chi connectivity index (χ1n) is 10.3. The number of pyridine rings is 1. The Morgan fingerprint density at radius 3 is 2.87 bits per heavy atom. The molecule has 1 atom stereocenters. The van der Waals surface area contributed by atoms with Crippen molar-refractivity contribution in [2.75, 3.05) is 32.2 Å². The van der Waals surface area contributed by atoms with Crippen LogP contribution in [0.4, 0.5) is 5.95 Å². The molecular formula is C23H25N5O3. The first kappa shape index (κ1) is 21.0. The number of nitrogens with one attached hydrogen (secondary N) is 1. The number of anilines is 1. The van der Waals surface area contributed by atoms with Crippen molar-refractivity contribution in [2.24, 2.45) is 0 Å². The number of benzene rings is 1. The number of nitriles is 1. The summed E-state index contributed by atoms with van der Waals surface area (Å²) in [6.45, 7) is 3.90.